The van der Waals surface area contributed by atoms with Crippen LogP contribution in [0.1, 0.15) is 71.8 Å². The smallest absolute Gasteiger partial charge is 0.326 e. The number of hydroxylamine groups is 2. The number of hydrogen-bond donors (Lipinski definition) is 1. The first-order valence-corrected chi connectivity index (χ1v) is 17.4. The first-order valence-electron chi connectivity index (χ1n) is 16.4. The van der Waals surface area contributed by atoms with Crippen LogP contribution in [0.2, 0.25) is 0 Å². The molecule has 2 aliphatic rings. The zero-order chi connectivity index (χ0) is 33.8. The largest absolute Gasteiger partial charge is 0.465 e. The summed E-state index contributed by atoms with van der Waals surface area (Å²) in [5.41, 5.74) is 1.52. The number of rotatable bonds is 14. The molecule has 0 aromatic heterocycles. The molecule has 4 rings (SSSR count). The topological polar surface area (TPSA) is 114 Å². The van der Waals surface area contributed by atoms with Crippen molar-refractivity contribution in [3.8, 4) is 0 Å². The Morgan fingerprint density at radius 2 is 1.83 bits per heavy atom. The quantitative estimate of drug-likeness (QED) is 0.158. The molecule has 1 unspecified atom stereocenters. The van der Waals surface area contributed by atoms with Crippen molar-refractivity contribution in [3.63, 3.8) is 0 Å². The van der Waals surface area contributed by atoms with E-state index in [1.165, 1.54) is 16.7 Å². The summed E-state index contributed by atoms with van der Waals surface area (Å²) < 4.78 is 10.9. The summed E-state index contributed by atoms with van der Waals surface area (Å²) in [6.45, 7) is 8.13. The number of benzene rings is 2. The van der Waals surface area contributed by atoms with Gasteiger partial charge in [-0.3, -0.25) is 29.4 Å². The van der Waals surface area contributed by atoms with E-state index in [2.05, 4.69) is 11.3 Å². The number of nitrogens with zero attached hydrogens (tertiary/aromatic N) is 2. The Bertz CT molecular complexity index is 1410. The van der Waals surface area contributed by atoms with Gasteiger partial charge in [-0.2, -0.15) is 0 Å². The molecular formula is C36H47N3O7S. The molecule has 0 spiro atoms. The maximum absolute atomic E-state index is 13.9. The van der Waals surface area contributed by atoms with Crippen LogP contribution in [0.5, 0.6) is 0 Å². The van der Waals surface area contributed by atoms with Gasteiger partial charge in [0.2, 0.25) is 5.91 Å². The van der Waals surface area contributed by atoms with Crippen LogP contribution in [0.25, 0.3) is 0 Å². The number of unbranched alkanes of at least 4 members (excludes halogenated alkanes) is 1. The predicted molar refractivity (Wildman–Crippen MR) is 181 cm³/mol. The van der Waals surface area contributed by atoms with Crippen molar-refractivity contribution < 1.29 is 33.5 Å². The molecule has 0 radical (unpaired) electrons. The standard InChI is InChI=1S/C36H47N3O7S/c1-5-44-35(43)29(16-10-9-13-26-19-20-39(28(21-26)23-40)45-24-27-14-7-6-8-15-27)37-30-25-47-32-18-12-11-17-31(32)38(34(30)42)22-33(41)46-36(2,3)4/h6-8,11-12,14-15,17-18,26,29-30,37H,5,9-10,13,16,19-22,24-25H2,1-4H3/t26?,29-,30-/m0/s1. The molecule has 254 valence electrons. The Hall–Kier alpha value is -3.63. The molecule has 1 amide bonds. The number of ether oxygens (including phenoxy) is 2. The highest BCUT2D eigenvalue weighted by atomic mass is 32.2. The number of anilines is 1. The van der Waals surface area contributed by atoms with Crippen molar-refractivity contribution in [1.82, 2.24) is 10.4 Å². The zero-order valence-corrected chi connectivity index (χ0v) is 28.7. The lowest BCUT2D eigenvalue weighted by atomic mass is 9.90. The van der Waals surface area contributed by atoms with Gasteiger partial charge in [0.25, 0.3) is 0 Å². The molecule has 10 nitrogen and oxygen atoms in total. The lowest BCUT2D eigenvalue weighted by Gasteiger charge is -2.33. The van der Waals surface area contributed by atoms with Crippen LogP contribution >= 0.6 is 11.8 Å². The van der Waals surface area contributed by atoms with Crippen LogP contribution in [0, 0.1) is 5.92 Å². The number of carbonyl (C=O) groups is 3. The van der Waals surface area contributed by atoms with E-state index < -0.39 is 29.6 Å². The summed E-state index contributed by atoms with van der Waals surface area (Å²) in [4.78, 5) is 59.8. The number of fused-ring (bicyclic) bond motifs is 1. The predicted octanol–water partition coefficient (Wildman–Crippen LogP) is 5.48. The van der Waals surface area contributed by atoms with Gasteiger partial charge in [0, 0.05) is 23.6 Å². The van der Waals surface area contributed by atoms with Crippen LogP contribution in [-0.2, 0) is 40.1 Å². The molecule has 1 N–H and O–H groups in total. The number of thioether (sulfide) groups is 1. The van der Waals surface area contributed by atoms with Gasteiger partial charge in [-0.15, -0.1) is 11.8 Å². The van der Waals surface area contributed by atoms with Gasteiger partial charge < -0.3 is 9.47 Å². The second kappa shape index (κ2) is 17.5. The Morgan fingerprint density at radius 1 is 1.09 bits per heavy atom. The number of allylic oxidation sites excluding steroid dienone is 1. The molecule has 0 aliphatic carbocycles. The molecule has 11 heteroatoms. The first kappa shape index (κ1) is 36.2. The Balaban J connectivity index is 1.33. The van der Waals surface area contributed by atoms with Crippen LogP contribution in [0.15, 0.2) is 65.2 Å². The fraction of sp³-hybridized carbons (Fsp3) is 0.528. The summed E-state index contributed by atoms with van der Waals surface area (Å²) in [7, 11) is 0. The van der Waals surface area contributed by atoms with E-state index in [-0.39, 0.29) is 19.1 Å². The van der Waals surface area contributed by atoms with Crippen molar-refractivity contribution in [2.24, 2.45) is 5.92 Å². The van der Waals surface area contributed by atoms with Gasteiger partial charge in [0.05, 0.1) is 24.9 Å². The Morgan fingerprint density at radius 3 is 2.55 bits per heavy atom. The number of piperidine rings is 1. The number of hydrogen-bond acceptors (Lipinski definition) is 10. The minimum atomic E-state index is -0.718. The monoisotopic (exact) mass is 665 g/mol. The minimum Gasteiger partial charge on any atom is -0.465 e. The summed E-state index contributed by atoms with van der Waals surface area (Å²) >= 11 is 1.51. The SMILES string of the molecule is CCOC(=O)[C@H](CCCCC1CCN(OCc2ccccc2)C(=C=O)C1)N[C@H]1CSc2ccccc2N(CC(=O)OC(C)(C)C)C1=O. The molecule has 1 fully saturated rings. The third-order valence-electron chi connectivity index (χ3n) is 8.03. The number of carbonyl (C=O) groups excluding carboxylic acids is 4. The molecule has 0 bridgehead atoms. The van der Waals surface area contributed by atoms with Gasteiger partial charge in [-0.25, -0.2) is 9.86 Å². The maximum Gasteiger partial charge on any atom is 0.326 e. The average Bonchev–Trinajstić information content (AvgIpc) is 3.17. The van der Waals surface area contributed by atoms with Crippen molar-refractivity contribution in [2.75, 3.05) is 30.3 Å². The van der Waals surface area contributed by atoms with Crippen LogP contribution in [0.4, 0.5) is 5.69 Å². The van der Waals surface area contributed by atoms with E-state index in [1.807, 2.05) is 54.6 Å². The third kappa shape index (κ3) is 11.0. The van der Waals surface area contributed by atoms with Gasteiger partial charge in [0.1, 0.15) is 29.8 Å². The second-order valence-electron chi connectivity index (χ2n) is 12.9. The number of nitrogens with one attached hydrogen (secondary N) is 1. The molecule has 0 saturated carbocycles. The van der Waals surface area contributed by atoms with Crippen LogP contribution < -0.4 is 10.2 Å². The Kier molecular flexibility index (Phi) is 13.5. The van der Waals surface area contributed by atoms with E-state index in [0.717, 1.165) is 36.1 Å². The fourth-order valence-corrected chi connectivity index (χ4v) is 6.88. The van der Waals surface area contributed by atoms with E-state index in [1.54, 1.807) is 32.8 Å². The average molecular weight is 666 g/mol. The zero-order valence-electron chi connectivity index (χ0n) is 27.9. The molecule has 3 atom stereocenters. The van der Waals surface area contributed by atoms with E-state index in [0.29, 0.717) is 49.0 Å². The number of para-hydroxylation sites is 1. The molecular weight excluding hydrogens is 618 g/mol. The molecule has 2 heterocycles. The van der Waals surface area contributed by atoms with Gasteiger partial charge in [-0.05, 0) is 70.6 Å². The normalized spacial score (nSPS) is 19.0. The highest BCUT2D eigenvalue weighted by molar-refractivity contribution is 7.99. The van der Waals surface area contributed by atoms with Crippen LogP contribution in [-0.4, -0.2) is 72.0 Å². The molecule has 2 aromatic rings. The van der Waals surface area contributed by atoms with E-state index in [9.17, 15) is 19.2 Å². The third-order valence-corrected chi connectivity index (χ3v) is 9.19. The van der Waals surface area contributed by atoms with Gasteiger partial charge in [0.15, 0.2) is 0 Å². The summed E-state index contributed by atoms with van der Waals surface area (Å²) in [5, 5.41) is 4.96. The highest BCUT2D eigenvalue weighted by Gasteiger charge is 2.36. The van der Waals surface area contributed by atoms with Gasteiger partial charge in [-0.1, -0.05) is 55.3 Å². The van der Waals surface area contributed by atoms with Crippen molar-refractivity contribution in [2.45, 2.75) is 95.4 Å². The van der Waals surface area contributed by atoms with Crippen molar-refractivity contribution in [3.05, 3.63) is 65.9 Å². The number of amides is 1. The molecule has 1 saturated heterocycles. The summed E-state index contributed by atoms with van der Waals surface area (Å²) in [5.74, 6) is 1.58. The highest BCUT2D eigenvalue weighted by Crippen LogP contribution is 2.35. The van der Waals surface area contributed by atoms with Crippen molar-refractivity contribution in [1.29, 1.82) is 0 Å². The van der Waals surface area contributed by atoms with Crippen LogP contribution in [0.3, 0.4) is 0 Å². The van der Waals surface area contributed by atoms with E-state index in [4.69, 9.17) is 14.3 Å². The lowest BCUT2D eigenvalue weighted by molar-refractivity contribution is -0.155. The fourth-order valence-electron chi connectivity index (χ4n) is 5.80. The van der Waals surface area contributed by atoms with Gasteiger partial charge >= 0.3 is 11.9 Å². The lowest BCUT2D eigenvalue weighted by Crippen LogP contribution is -2.54. The molecule has 47 heavy (non-hydrogen) atoms. The summed E-state index contributed by atoms with van der Waals surface area (Å²) in [6, 6.07) is 15.9. The minimum absolute atomic E-state index is 0.228. The molecule has 2 aliphatic heterocycles. The maximum atomic E-state index is 13.9. The van der Waals surface area contributed by atoms with E-state index >= 15 is 0 Å². The molecule has 2 aromatic carbocycles. The first-order chi connectivity index (χ1) is 22.6. The second-order valence-corrected chi connectivity index (χ2v) is 13.9. The number of esters is 2. The summed E-state index contributed by atoms with van der Waals surface area (Å²) in [6.07, 6.45) is 4.45. The Labute approximate surface area is 282 Å². The van der Waals surface area contributed by atoms with Crippen molar-refractivity contribution >= 4 is 41.2 Å².